The summed E-state index contributed by atoms with van der Waals surface area (Å²) in [4.78, 5) is 2.46. The van der Waals surface area contributed by atoms with Gasteiger partial charge in [0, 0.05) is 21.1 Å². The summed E-state index contributed by atoms with van der Waals surface area (Å²) in [6.45, 7) is 0. The van der Waals surface area contributed by atoms with E-state index in [1.807, 2.05) is 60.7 Å². The number of anilines is 2. The van der Waals surface area contributed by atoms with Crippen LogP contribution in [0, 0.1) is 0 Å². The Morgan fingerprint density at radius 1 is 0.457 bits per heavy atom. The molecular formula is C30H28N4S. The zero-order valence-electron chi connectivity index (χ0n) is 19.3. The van der Waals surface area contributed by atoms with E-state index >= 15 is 0 Å². The molecule has 4 aromatic carbocycles. The summed E-state index contributed by atoms with van der Waals surface area (Å²) in [5, 5.41) is 6.73. The van der Waals surface area contributed by atoms with Gasteiger partial charge < -0.3 is 22.1 Å². The van der Waals surface area contributed by atoms with E-state index < -0.39 is 0 Å². The highest BCUT2D eigenvalue weighted by Gasteiger charge is 2.09. The Balaban J connectivity index is 1.23. The van der Waals surface area contributed by atoms with E-state index in [0.29, 0.717) is 0 Å². The van der Waals surface area contributed by atoms with Gasteiger partial charge in [-0.3, -0.25) is 0 Å². The molecule has 1 aromatic heterocycles. The smallest absolute Gasteiger partial charge is 0.101 e. The van der Waals surface area contributed by atoms with Crippen molar-refractivity contribution in [3.8, 4) is 20.9 Å². The van der Waals surface area contributed by atoms with E-state index in [1.54, 1.807) is 11.3 Å². The summed E-state index contributed by atoms with van der Waals surface area (Å²) >= 11 is 1.78. The van der Waals surface area contributed by atoms with Crippen LogP contribution in [0.2, 0.25) is 0 Å². The fraction of sp³-hybridized carbons (Fsp3) is 0.0667. The van der Waals surface area contributed by atoms with E-state index in [4.69, 9.17) is 11.5 Å². The molecule has 4 nitrogen and oxygen atoms in total. The third-order valence-corrected chi connectivity index (χ3v) is 7.09. The zero-order valence-corrected chi connectivity index (χ0v) is 20.1. The van der Waals surface area contributed by atoms with Crippen molar-refractivity contribution in [1.82, 2.24) is 0 Å². The molecule has 5 heteroatoms. The third-order valence-electron chi connectivity index (χ3n) is 5.91. The minimum atomic E-state index is -0.241. The average Bonchev–Trinajstić information content (AvgIpc) is 3.41. The van der Waals surface area contributed by atoms with E-state index in [9.17, 15) is 0 Å². The molecule has 0 bridgehead atoms. The van der Waals surface area contributed by atoms with Crippen LogP contribution in [0.15, 0.2) is 121 Å². The summed E-state index contributed by atoms with van der Waals surface area (Å²) in [7, 11) is 0. The van der Waals surface area contributed by atoms with Crippen LogP contribution in [0.5, 0.6) is 0 Å². The lowest BCUT2D eigenvalue weighted by Crippen LogP contribution is -2.19. The predicted octanol–water partition coefficient (Wildman–Crippen LogP) is 7.22. The van der Waals surface area contributed by atoms with Gasteiger partial charge in [0.25, 0.3) is 0 Å². The van der Waals surface area contributed by atoms with E-state index in [2.05, 4.69) is 71.3 Å². The second-order valence-corrected chi connectivity index (χ2v) is 9.47. The number of rotatable bonds is 8. The van der Waals surface area contributed by atoms with Crippen molar-refractivity contribution in [3.63, 3.8) is 0 Å². The van der Waals surface area contributed by atoms with Gasteiger partial charge in [-0.25, -0.2) is 0 Å². The van der Waals surface area contributed by atoms with Crippen molar-refractivity contribution in [2.75, 3.05) is 10.6 Å². The van der Waals surface area contributed by atoms with E-state index in [-0.39, 0.29) is 12.3 Å². The van der Waals surface area contributed by atoms with Gasteiger partial charge in [0.1, 0.15) is 12.3 Å². The molecule has 2 unspecified atom stereocenters. The molecule has 5 rings (SSSR count). The Morgan fingerprint density at radius 3 is 1.20 bits per heavy atom. The SMILES string of the molecule is NC(Nc1ccc(-c2ccc(-c3ccc(NC(N)c4ccccc4)cc3)s2)cc1)c1ccccc1. The highest BCUT2D eigenvalue weighted by atomic mass is 32.1. The number of thiophene rings is 1. The van der Waals surface area contributed by atoms with Crippen molar-refractivity contribution in [1.29, 1.82) is 0 Å². The third kappa shape index (κ3) is 5.61. The van der Waals surface area contributed by atoms with Crippen molar-refractivity contribution < 1.29 is 0 Å². The molecule has 0 aliphatic carbocycles. The van der Waals surface area contributed by atoms with Gasteiger partial charge in [0.05, 0.1) is 0 Å². The Morgan fingerprint density at radius 2 is 0.829 bits per heavy atom. The van der Waals surface area contributed by atoms with E-state index in [1.165, 1.54) is 20.9 Å². The molecule has 0 fully saturated rings. The molecule has 0 aliphatic heterocycles. The Labute approximate surface area is 210 Å². The number of benzene rings is 4. The molecule has 0 radical (unpaired) electrons. The molecule has 6 N–H and O–H groups in total. The maximum absolute atomic E-state index is 6.29. The van der Waals surface area contributed by atoms with Crippen molar-refractivity contribution in [3.05, 3.63) is 132 Å². The first-order valence-corrected chi connectivity index (χ1v) is 12.4. The monoisotopic (exact) mass is 476 g/mol. The molecule has 0 aliphatic rings. The maximum atomic E-state index is 6.29. The second-order valence-electron chi connectivity index (χ2n) is 8.38. The van der Waals surface area contributed by atoms with Crippen LogP contribution >= 0.6 is 11.3 Å². The Bertz CT molecular complexity index is 1240. The van der Waals surface area contributed by atoms with Crippen LogP contribution in [0.1, 0.15) is 23.5 Å². The summed E-state index contributed by atoms with van der Waals surface area (Å²) in [6, 6.07) is 41.3. The molecule has 5 aromatic rings. The quantitative estimate of drug-likeness (QED) is 0.178. The zero-order chi connectivity index (χ0) is 24.0. The Kier molecular flexibility index (Phi) is 6.91. The van der Waals surface area contributed by atoms with Gasteiger partial charge in [-0.2, -0.15) is 0 Å². The van der Waals surface area contributed by atoms with Crippen LogP contribution in [0.4, 0.5) is 11.4 Å². The van der Waals surface area contributed by atoms with Gasteiger partial charge >= 0.3 is 0 Å². The number of nitrogens with two attached hydrogens (primary N) is 2. The second kappa shape index (κ2) is 10.6. The molecule has 0 saturated carbocycles. The molecular weight excluding hydrogens is 448 g/mol. The van der Waals surface area contributed by atoms with Crippen LogP contribution in [0.3, 0.4) is 0 Å². The lowest BCUT2D eigenvalue weighted by molar-refractivity contribution is 0.836. The standard InChI is InChI=1S/C30H28N4S/c31-29(23-7-3-1-4-8-23)33-25-15-11-21(12-16-25)27-19-20-28(35-27)22-13-17-26(18-14-22)34-30(32)24-9-5-2-6-10-24/h1-20,29-30,33-34H,31-32H2. The van der Waals surface area contributed by atoms with Gasteiger partial charge in [-0.1, -0.05) is 84.9 Å². The highest BCUT2D eigenvalue weighted by molar-refractivity contribution is 7.18. The largest absolute Gasteiger partial charge is 0.366 e. The highest BCUT2D eigenvalue weighted by Crippen LogP contribution is 2.35. The first-order valence-electron chi connectivity index (χ1n) is 11.6. The van der Waals surface area contributed by atoms with Crippen LogP contribution in [0.25, 0.3) is 20.9 Å². The van der Waals surface area contributed by atoms with Gasteiger partial charge in [0.15, 0.2) is 0 Å². The molecule has 174 valence electrons. The van der Waals surface area contributed by atoms with Crippen LogP contribution < -0.4 is 22.1 Å². The Hall–Kier alpha value is -3.90. The number of hydrogen-bond acceptors (Lipinski definition) is 5. The lowest BCUT2D eigenvalue weighted by Gasteiger charge is -2.16. The molecule has 0 spiro atoms. The summed E-state index contributed by atoms with van der Waals surface area (Å²) < 4.78 is 0. The van der Waals surface area contributed by atoms with Crippen LogP contribution in [-0.4, -0.2) is 0 Å². The van der Waals surface area contributed by atoms with E-state index in [0.717, 1.165) is 22.5 Å². The molecule has 0 saturated heterocycles. The molecule has 1 heterocycles. The van der Waals surface area contributed by atoms with Crippen molar-refractivity contribution in [2.24, 2.45) is 11.5 Å². The molecule has 0 amide bonds. The first kappa shape index (κ1) is 22.9. The van der Waals surface area contributed by atoms with Gasteiger partial charge in [-0.15, -0.1) is 11.3 Å². The summed E-state index contributed by atoms with van der Waals surface area (Å²) in [5.74, 6) is 0. The molecule has 35 heavy (non-hydrogen) atoms. The average molecular weight is 477 g/mol. The van der Waals surface area contributed by atoms with Crippen LogP contribution in [-0.2, 0) is 0 Å². The van der Waals surface area contributed by atoms with Gasteiger partial charge in [0.2, 0.25) is 0 Å². The topological polar surface area (TPSA) is 76.1 Å². The predicted molar refractivity (Wildman–Crippen MR) is 149 cm³/mol. The van der Waals surface area contributed by atoms with Crippen molar-refractivity contribution >= 4 is 22.7 Å². The maximum Gasteiger partial charge on any atom is 0.101 e. The lowest BCUT2D eigenvalue weighted by atomic mass is 10.1. The van der Waals surface area contributed by atoms with Gasteiger partial charge in [-0.05, 0) is 58.7 Å². The molecule has 2 atom stereocenters. The minimum Gasteiger partial charge on any atom is -0.366 e. The number of nitrogens with one attached hydrogen (secondary N) is 2. The fourth-order valence-electron chi connectivity index (χ4n) is 3.96. The van der Waals surface area contributed by atoms with Crippen molar-refractivity contribution in [2.45, 2.75) is 12.3 Å². The number of hydrogen-bond donors (Lipinski definition) is 4. The first-order chi connectivity index (χ1) is 17.2. The fourth-order valence-corrected chi connectivity index (χ4v) is 4.97. The summed E-state index contributed by atoms with van der Waals surface area (Å²) in [5.41, 5.74) is 19.1. The summed E-state index contributed by atoms with van der Waals surface area (Å²) in [6.07, 6.45) is -0.481. The minimum absolute atomic E-state index is 0.241. The normalized spacial score (nSPS) is 12.6.